The zero-order valence-corrected chi connectivity index (χ0v) is 33.3. The van der Waals surface area contributed by atoms with Crippen molar-refractivity contribution in [1.82, 2.24) is 19.6 Å². The van der Waals surface area contributed by atoms with Gasteiger partial charge in [-0.25, -0.2) is 4.79 Å². The summed E-state index contributed by atoms with van der Waals surface area (Å²) in [5.74, 6) is 0.687. The van der Waals surface area contributed by atoms with Crippen molar-refractivity contribution in [3.63, 3.8) is 0 Å². The summed E-state index contributed by atoms with van der Waals surface area (Å²) in [7, 11) is 1.72. The van der Waals surface area contributed by atoms with E-state index < -0.39 is 55.5 Å². The van der Waals surface area contributed by atoms with E-state index >= 15 is 0 Å². The lowest BCUT2D eigenvalue weighted by molar-refractivity contribution is -0.142. The molecule has 0 bridgehead atoms. The van der Waals surface area contributed by atoms with Crippen molar-refractivity contribution in [2.45, 2.75) is 49.8 Å². The van der Waals surface area contributed by atoms with Gasteiger partial charge in [-0.15, -0.1) is 4.52 Å². The van der Waals surface area contributed by atoms with E-state index in [2.05, 4.69) is 15.1 Å². The summed E-state index contributed by atoms with van der Waals surface area (Å²) >= 11 is 0. The van der Waals surface area contributed by atoms with Crippen LogP contribution in [0.2, 0.25) is 0 Å². The Morgan fingerprint density at radius 2 is 1.52 bits per heavy atom. The highest BCUT2D eigenvalue weighted by Gasteiger charge is 2.47. The molecule has 7 rings (SSSR count). The van der Waals surface area contributed by atoms with E-state index in [9.17, 15) is 18.9 Å². The Hall–Kier alpha value is -5.89. The summed E-state index contributed by atoms with van der Waals surface area (Å²) in [6, 6.07) is 31.4. The molecule has 1 saturated heterocycles. The van der Waals surface area contributed by atoms with Crippen molar-refractivity contribution < 1.29 is 37.6 Å². The van der Waals surface area contributed by atoms with Gasteiger partial charge in [0.15, 0.2) is 6.04 Å². The second-order valence-corrected chi connectivity index (χ2v) is 14.8. The van der Waals surface area contributed by atoms with E-state index in [1.54, 1.807) is 27.3 Å². The lowest BCUT2D eigenvalue weighted by atomic mass is 9.80. The number of methoxy groups -OCH3 is 3. The van der Waals surface area contributed by atoms with Gasteiger partial charge in [-0.3, -0.25) is 19.1 Å². The number of hydrogen-bond acceptors (Lipinski definition) is 10. The van der Waals surface area contributed by atoms with Gasteiger partial charge in [0.05, 0.1) is 27.9 Å². The Morgan fingerprint density at radius 1 is 0.897 bits per heavy atom. The molecular weight excluding hydrogens is 763 g/mol. The van der Waals surface area contributed by atoms with Gasteiger partial charge in [0, 0.05) is 41.7 Å². The van der Waals surface area contributed by atoms with Gasteiger partial charge in [-0.1, -0.05) is 77.9 Å². The standard InChI is InChI=1S/C43H43N4O10P/c1-27-25-47(42(50)45-40(27)48)39-23-37(57-58(51)46-36(41(49)54-4)22-28-24-44-35-13-9-8-12-34(28)35)38(56-39)26-55-43(29-10-6-5-7-11-29,30-14-18-32(52-2)19-15-30)31-16-20-33(53-3)21-17-31/h5-21,24-25,36-39,44H,22-23,26H2,1-4H3,(H-,45,46,48,50,51)/p+1/t36-,37-,38+,39+/m0/s1. The normalized spacial score (nSPS) is 17.5. The summed E-state index contributed by atoms with van der Waals surface area (Å²) in [6.45, 7) is 1.46. The zero-order valence-electron chi connectivity index (χ0n) is 32.4. The van der Waals surface area contributed by atoms with Gasteiger partial charge in [0.25, 0.3) is 5.56 Å². The number of fused-ring (bicyclic) bond motifs is 1. The molecule has 0 amide bonds. The summed E-state index contributed by atoms with van der Waals surface area (Å²) in [5, 5.41) is 3.75. The summed E-state index contributed by atoms with van der Waals surface area (Å²) in [4.78, 5) is 44.0. The van der Waals surface area contributed by atoms with E-state index in [0.29, 0.717) is 17.1 Å². The molecule has 300 valence electrons. The molecule has 0 aliphatic carbocycles. The lowest BCUT2D eigenvalue weighted by Gasteiger charge is -2.37. The molecule has 3 N–H and O–H groups in total. The first kappa shape index (κ1) is 40.3. The molecule has 6 aromatic rings. The number of hydrogen-bond donors (Lipinski definition) is 3. The number of nitrogens with zero attached hydrogens (tertiary/aromatic N) is 1. The Kier molecular flexibility index (Phi) is 12.3. The highest BCUT2D eigenvalue weighted by atomic mass is 31.1. The number of ether oxygens (including phenoxy) is 5. The van der Waals surface area contributed by atoms with Crippen LogP contribution < -0.4 is 25.8 Å². The summed E-state index contributed by atoms with van der Waals surface area (Å²) in [6.07, 6.45) is 0.668. The molecule has 5 atom stereocenters. The maximum absolute atomic E-state index is 13.9. The predicted molar refractivity (Wildman–Crippen MR) is 216 cm³/mol. The minimum atomic E-state index is -2.73. The molecule has 1 unspecified atom stereocenters. The lowest BCUT2D eigenvalue weighted by Crippen LogP contribution is -2.39. The predicted octanol–water partition coefficient (Wildman–Crippen LogP) is 6.06. The van der Waals surface area contributed by atoms with E-state index in [0.717, 1.165) is 33.2 Å². The number of benzene rings is 4. The molecule has 14 nitrogen and oxygen atoms in total. The van der Waals surface area contributed by atoms with E-state index in [-0.39, 0.29) is 19.4 Å². The van der Waals surface area contributed by atoms with Gasteiger partial charge in [0.1, 0.15) is 35.5 Å². The van der Waals surface area contributed by atoms with Crippen LogP contribution in [0.3, 0.4) is 0 Å². The number of nitrogens with one attached hydrogen (secondary N) is 3. The molecule has 1 fully saturated rings. The number of H-pyrrole nitrogens is 2. The van der Waals surface area contributed by atoms with Crippen molar-refractivity contribution >= 4 is 25.1 Å². The highest BCUT2D eigenvalue weighted by molar-refractivity contribution is 7.36. The maximum Gasteiger partial charge on any atom is 0.614 e. The molecule has 0 radical (unpaired) electrons. The van der Waals surface area contributed by atoms with Gasteiger partial charge >= 0.3 is 19.8 Å². The molecule has 58 heavy (non-hydrogen) atoms. The summed E-state index contributed by atoms with van der Waals surface area (Å²) < 4.78 is 51.1. The van der Waals surface area contributed by atoms with Crippen molar-refractivity contribution in [3.8, 4) is 11.5 Å². The molecule has 1 aliphatic rings. The third kappa shape index (κ3) is 8.38. The number of para-hydroxylation sites is 1. The highest BCUT2D eigenvalue weighted by Crippen LogP contribution is 2.44. The third-order valence-electron chi connectivity index (χ3n) is 10.4. The fourth-order valence-electron chi connectivity index (χ4n) is 7.34. The molecule has 15 heteroatoms. The fraction of sp³-hybridized carbons (Fsp3) is 0.279. The molecule has 4 aromatic carbocycles. The van der Waals surface area contributed by atoms with Crippen LogP contribution in [-0.4, -0.2) is 66.7 Å². The fourth-order valence-corrected chi connectivity index (χ4v) is 8.32. The smallest absolute Gasteiger partial charge is 0.497 e. The van der Waals surface area contributed by atoms with Crippen molar-refractivity contribution in [2.24, 2.45) is 0 Å². The first-order chi connectivity index (χ1) is 28.1. The topological polar surface area (TPSA) is 172 Å². The SMILES string of the molecule is COC(=O)[C@H](Cc1c[nH]c2ccccc12)N[P+](=O)O[C@H]1C[C@H](n2cc(C)c(=O)[nH]c2=O)O[C@@H]1COC(c1ccccc1)(c1ccc(OC)cc1)c1ccc(OC)cc1. The Labute approximate surface area is 335 Å². The average Bonchev–Trinajstić information content (AvgIpc) is 3.85. The van der Waals surface area contributed by atoms with E-state index in [1.165, 1.54) is 17.9 Å². The van der Waals surface area contributed by atoms with Crippen molar-refractivity contribution in [3.05, 3.63) is 164 Å². The van der Waals surface area contributed by atoms with Crippen molar-refractivity contribution in [2.75, 3.05) is 27.9 Å². The van der Waals surface area contributed by atoms with Crippen LogP contribution in [0.25, 0.3) is 10.9 Å². The van der Waals surface area contributed by atoms with Gasteiger partial charge in [-0.2, -0.15) is 0 Å². The Morgan fingerprint density at radius 3 is 2.16 bits per heavy atom. The number of aromatic nitrogens is 3. The van der Waals surface area contributed by atoms with Crippen LogP contribution in [0.4, 0.5) is 0 Å². The molecule has 1 aliphatic heterocycles. The van der Waals surface area contributed by atoms with Gasteiger partial charge in [0.2, 0.25) is 0 Å². The molecule has 0 spiro atoms. The molecule has 3 heterocycles. The molecule has 2 aromatic heterocycles. The minimum Gasteiger partial charge on any atom is -0.497 e. The third-order valence-corrected chi connectivity index (χ3v) is 11.3. The number of rotatable bonds is 16. The number of aromatic amines is 2. The Bertz CT molecular complexity index is 2440. The van der Waals surface area contributed by atoms with Crippen LogP contribution >= 0.6 is 8.18 Å². The summed E-state index contributed by atoms with van der Waals surface area (Å²) in [5.41, 5.74) is 1.93. The van der Waals surface area contributed by atoms with Crippen LogP contribution in [0.15, 0.2) is 125 Å². The first-order valence-corrected chi connectivity index (χ1v) is 19.8. The van der Waals surface area contributed by atoms with E-state index in [1.807, 2.05) is 103 Å². The maximum atomic E-state index is 13.9. The molecular formula is C43H44N4O10P+. The van der Waals surface area contributed by atoms with Gasteiger partial charge < -0.3 is 28.7 Å². The first-order valence-electron chi connectivity index (χ1n) is 18.6. The van der Waals surface area contributed by atoms with Crippen LogP contribution in [0, 0.1) is 6.92 Å². The number of carbonyl (C=O) groups excluding carboxylic acids is 1. The quantitative estimate of drug-likeness (QED) is 0.0590. The largest absolute Gasteiger partial charge is 0.614 e. The number of carbonyl (C=O) groups is 1. The molecule has 0 saturated carbocycles. The van der Waals surface area contributed by atoms with E-state index in [4.69, 9.17) is 28.2 Å². The van der Waals surface area contributed by atoms with Gasteiger partial charge in [-0.05, 0) is 64.1 Å². The minimum absolute atomic E-state index is 0.0525. The number of aryl methyl sites for hydroxylation is 1. The van der Waals surface area contributed by atoms with Crippen molar-refractivity contribution in [1.29, 1.82) is 0 Å². The number of esters is 1. The van der Waals surface area contributed by atoms with Crippen LogP contribution in [0.1, 0.15) is 40.5 Å². The monoisotopic (exact) mass is 807 g/mol. The second kappa shape index (κ2) is 17.7. The Balaban J connectivity index is 1.23. The second-order valence-electron chi connectivity index (χ2n) is 13.8. The zero-order chi connectivity index (χ0) is 40.8. The average molecular weight is 808 g/mol. The van der Waals surface area contributed by atoms with Crippen LogP contribution in [0.5, 0.6) is 11.5 Å². The van der Waals surface area contributed by atoms with Crippen LogP contribution in [-0.2, 0) is 40.1 Å².